The normalized spacial score (nSPS) is 10.3. The maximum absolute atomic E-state index is 11.8. The third kappa shape index (κ3) is 2.86. The van der Waals surface area contributed by atoms with Crippen molar-refractivity contribution in [3.05, 3.63) is 55.1 Å². The minimum absolute atomic E-state index is 0.553. The van der Waals surface area contributed by atoms with Gasteiger partial charge in [-0.05, 0) is 22.9 Å². The predicted octanol–water partition coefficient (Wildman–Crippen LogP) is 1.14. The van der Waals surface area contributed by atoms with Gasteiger partial charge in [-0.15, -0.1) is 10.2 Å². The van der Waals surface area contributed by atoms with Gasteiger partial charge in [0, 0.05) is 5.69 Å². The lowest BCUT2D eigenvalue weighted by Gasteiger charge is -2.07. The van der Waals surface area contributed by atoms with Crippen molar-refractivity contribution in [2.24, 2.45) is 0 Å². The van der Waals surface area contributed by atoms with Gasteiger partial charge in [-0.25, -0.2) is 4.68 Å². The third-order valence-corrected chi connectivity index (χ3v) is 2.86. The predicted molar refractivity (Wildman–Crippen MR) is 77.0 cm³/mol. The van der Waals surface area contributed by atoms with E-state index < -0.39 is 11.8 Å². The van der Waals surface area contributed by atoms with Gasteiger partial charge in [-0.2, -0.15) is 0 Å². The lowest BCUT2D eigenvalue weighted by Crippen LogP contribution is -2.33. The molecule has 7 heteroatoms. The summed E-state index contributed by atoms with van der Waals surface area (Å²) in [6, 6.07) is 13.2. The van der Waals surface area contributed by atoms with Crippen molar-refractivity contribution in [1.29, 1.82) is 0 Å². The zero-order chi connectivity index (χ0) is 14.7. The molecule has 21 heavy (non-hydrogen) atoms. The second-order valence-electron chi connectivity index (χ2n) is 4.33. The largest absolute Gasteiger partial charge is 0.328 e. The van der Waals surface area contributed by atoms with Crippen LogP contribution >= 0.6 is 0 Å². The Bertz CT molecular complexity index is 798. The van der Waals surface area contributed by atoms with Gasteiger partial charge in [0.2, 0.25) is 0 Å². The lowest BCUT2D eigenvalue weighted by atomic mass is 10.1. The Morgan fingerprint density at radius 1 is 0.905 bits per heavy atom. The van der Waals surface area contributed by atoms with E-state index in [9.17, 15) is 9.59 Å². The standard InChI is InChI=1S/C14H11N5O2/c20-13(14(21)18-19-8-15-16-9-19)17-12-6-5-10-3-1-2-4-11(10)7-12/h1-9H,(H,17,20)(H,18,21). The molecular formula is C14H11N5O2. The zero-order valence-electron chi connectivity index (χ0n) is 10.9. The number of carbonyl (C=O) groups excluding carboxylic acids is 2. The van der Waals surface area contributed by atoms with E-state index >= 15 is 0 Å². The number of aromatic nitrogens is 3. The fourth-order valence-corrected chi connectivity index (χ4v) is 1.88. The van der Waals surface area contributed by atoms with E-state index in [1.807, 2.05) is 30.3 Å². The van der Waals surface area contributed by atoms with Gasteiger partial charge >= 0.3 is 11.8 Å². The first kappa shape index (κ1) is 12.8. The minimum atomic E-state index is -0.803. The summed E-state index contributed by atoms with van der Waals surface area (Å²) in [5, 5.41) is 11.6. The number of anilines is 1. The molecule has 0 saturated heterocycles. The van der Waals surface area contributed by atoms with Gasteiger partial charge in [-0.1, -0.05) is 30.3 Å². The van der Waals surface area contributed by atoms with E-state index in [4.69, 9.17) is 0 Å². The van der Waals surface area contributed by atoms with Crippen LogP contribution in [-0.2, 0) is 9.59 Å². The number of nitrogens with zero attached hydrogens (tertiary/aromatic N) is 3. The van der Waals surface area contributed by atoms with Crippen LogP contribution < -0.4 is 10.7 Å². The zero-order valence-corrected chi connectivity index (χ0v) is 10.9. The van der Waals surface area contributed by atoms with Crippen molar-refractivity contribution in [2.45, 2.75) is 0 Å². The average molecular weight is 281 g/mol. The van der Waals surface area contributed by atoms with Gasteiger partial charge in [-0.3, -0.25) is 15.0 Å². The molecule has 2 N–H and O–H groups in total. The van der Waals surface area contributed by atoms with E-state index in [-0.39, 0.29) is 0 Å². The first-order valence-electron chi connectivity index (χ1n) is 6.18. The fourth-order valence-electron chi connectivity index (χ4n) is 1.88. The molecule has 0 saturated carbocycles. The molecule has 0 radical (unpaired) electrons. The van der Waals surface area contributed by atoms with Crippen LogP contribution in [0.25, 0.3) is 10.8 Å². The number of carbonyl (C=O) groups is 2. The number of amides is 2. The third-order valence-electron chi connectivity index (χ3n) is 2.86. The van der Waals surface area contributed by atoms with Crippen LogP contribution in [0.4, 0.5) is 5.69 Å². The molecule has 0 aliphatic carbocycles. The smallest absolute Gasteiger partial charge is 0.318 e. The molecule has 2 aromatic carbocycles. The highest BCUT2D eigenvalue weighted by Crippen LogP contribution is 2.18. The van der Waals surface area contributed by atoms with Crippen molar-refractivity contribution < 1.29 is 9.59 Å². The Labute approximate surface area is 119 Å². The van der Waals surface area contributed by atoms with Crippen molar-refractivity contribution >= 4 is 28.3 Å². The van der Waals surface area contributed by atoms with Gasteiger partial charge < -0.3 is 5.32 Å². The quantitative estimate of drug-likeness (QED) is 0.689. The molecule has 0 unspecified atom stereocenters. The lowest BCUT2D eigenvalue weighted by molar-refractivity contribution is -0.133. The number of hydrogen-bond donors (Lipinski definition) is 2. The summed E-state index contributed by atoms with van der Waals surface area (Å²) < 4.78 is 1.20. The maximum atomic E-state index is 11.8. The Morgan fingerprint density at radius 3 is 2.38 bits per heavy atom. The molecule has 0 bridgehead atoms. The molecule has 7 nitrogen and oxygen atoms in total. The minimum Gasteiger partial charge on any atom is -0.318 e. The molecule has 104 valence electrons. The van der Waals surface area contributed by atoms with Crippen LogP contribution in [0.5, 0.6) is 0 Å². The van der Waals surface area contributed by atoms with Crippen LogP contribution in [0.3, 0.4) is 0 Å². The van der Waals surface area contributed by atoms with Crippen LogP contribution in [0, 0.1) is 0 Å². The Morgan fingerprint density at radius 2 is 1.62 bits per heavy atom. The number of nitrogens with one attached hydrogen (secondary N) is 2. The summed E-state index contributed by atoms with van der Waals surface area (Å²) in [4.78, 5) is 23.5. The summed E-state index contributed by atoms with van der Waals surface area (Å²) in [6.07, 6.45) is 2.56. The monoisotopic (exact) mass is 281 g/mol. The molecule has 3 aromatic rings. The van der Waals surface area contributed by atoms with Gasteiger partial charge in [0.1, 0.15) is 12.7 Å². The maximum Gasteiger partial charge on any atom is 0.328 e. The van der Waals surface area contributed by atoms with Crippen LogP contribution in [0.2, 0.25) is 0 Å². The van der Waals surface area contributed by atoms with Crippen molar-refractivity contribution in [2.75, 3.05) is 10.7 Å². The summed E-state index contributed by atoms with van der Waals surface area (Å²) in [5.74, 6) is -1.57. The molecule has 1 heterocycles. The Balaban J connectivity index is 1.72. The van der Waals surface area contributed by atoms with Crippen LogP contribution in [0.15, 0.2) is 55.1 Å². The van der Waals surface area contributed by atoms with Gasteiger partial charge in [0.15, 0.2) is 0 Å². The van der Waals surface area contributed by atoms with Crippen LogP contribution in [-0.4, -0.2) is 26.7 Å². The highest BCUT2D eigenvalue weighted by Gasteiger charge is 2.14. The molecular weight excluding hydrogens is 270 g/mol. The Kier molecular flexibility index (Phi) is 3.30. The summed E-state index contributed by atoms with van der Waals surface area (Å²) in [5.41, 5.74) is 2.87. The summed E-state index contributed by atoms with van der Waals surface area (Å²) in [6.45, 7) is 0. The van der Waals surface area contributed by atoms with E-state index in [0.29, 0.717) is 5.69 Å². The number of hydrogen-bond acceptors (Lipinski definition) is 4. The first-order valence-corrected chi connectivity index (χ1v) is 6.18. The molecule has 3 rings (SSSR count). The second kappa shape index (κ2) is 5.41. The number of rotatable bonds is 2. The molecule has 2 amide bonds. The molecule has 0 atom stereocenters. The molecule has 0 aliphatic rings. The van der Waals surface area contributed by atoms with E-state index in [1.165, 1.54) is 17.3 Å². The van der Waals surface area contributed by atoms with Gasteiger partial charge in [0.25, 0.3) is 0 Å². The van der Waals surface area contributed by atoms with Crippen LogP contribution in [0.1, 0.15) is 0 Å². The van der Waals surface area contributed by atoms with E-state index in [2.05, 4.69) is 20.9 Å². The van der Waals surface area contributed by atoms with E-state index in [0.717, 1.165) is 10.8 Å². The van der Waals surface area contributed by atoms with Crippen molar-refractivity contribution in [1.82, 2.24) is 14.9 Å². The summed E-state index contributed by atoms with van der Waals surface area (Å²) in [7, 11) is 0. The molecule has 1 aromatic heterocycles. The first-order chi connectivity index (χ1) is 10.2. The van der Waals surface area contributed by atoms with E-state index in [1.54, 1.807) is 12.1 Å². The molecule has 0 fully saturated rings. The highest BCUT2D eigenvalue weighted by atomic mass is 16.2. The van der Waals surface area contributed by atoms with Crippen molar-refractivity contribution in [3.8, 4) is 0 Å². The SMILES string of the molecule is O=C(Nc1ccc2ccccc2c1)C(=O)Nn1cnnc1. The second-order valence-corrected chi connectivity index (χ2v) is 4.33. The molecule has 0 spiro atoms. The average Bonchev–Trinajstić information content (AvgIpc) is 3.00. The highest BCUT2D eigenvalue weighted by molar-refractivity contribution is 6.42. The summed E-state index contributed by atoms with van der Waals surface area (Å²) >= 11 is 0. The molecule has 0 aliphatic heterocycles. The number of fused-ring (bicyclic) bond motifs is 1. The van der Waals surface area contributed by atoms with Gasteiger partial charge in [0.05, 0.1) is 0 Å². The number of benzene rings is 2. The fraction of sp³-hybridized carbons (Fsp3) is 0. The van der Waals surface area contributed by atoms with Crippen molar-refractivity contribution in [3.63, 3.8) is 0 Å². The topological polar surface area (TPSA) is 88.9 Å². The Hall–Kier alpha value is -3.22.